The molecule has 0 heterocycles. The van der Waals surface area contributed by atoms with E-state index < -0.39 is 11.6 Å². The molecular formula is C16H23F2N. The van der Waals surface area contributed by atoms with Crippen molar-refractivity contribution in [1.29, 1.82) is 0 Å². The van der Waals surface area contributed by atoms with Crippen LogP contribution in [0.1, 0.15) is 46.5 Å². The van der Waals surface area contributed by atoms with E-state index in [1.54, 1.807) is 12.1 Å². The number of anilines is 1. The molecule has 0 saturated heterocycles. The molecule has 1 aliphatic rings. The Balaban J connectivity index is 1.94. The Bertz CT molecular complexity index is 429. The lowest BCUT2D eigenvalue weighted by atomic mass is 9.71. The van der Waals surface area contributed by atoms with Crippen LogP contribution in [0.3, 0.4) is 0 Å². The van der Waals surface area contributed by atoms with E-state index in [-0.39, 0.29) is 6.04 Å². The van der Waals surface area contributed by atoms with Crippen LogP contribution in [0, 0.1) is 23.0 Å². The Hall–Kier alpha value is -1.12. The van der Waals surface area contributed by atoms with E-state index in [0.717, 1.165) is 37.7 Å². The second-order valence-electron chi connectivity index (χ2n) is 6.66. The summed E-state index contributed by atoms with van der Waals surface area (Å²) in [6, 6.07) is 4.56. The van der Waals surface area contributed by atoms with Gasteiger partial charge in [0.2, 0.25) is 0 Å². The van der Waals surface area contributed by atoms with Gasteiger partial charge in [-0.1, -0.05) is 26.8 Å². The van der Waals surface area contributed by atoms with Crippen LogP contribution in [-0.2, 0) is 0 Å². The van der Waals surface area contributed by atoms with Gasteiger partial charge in [0.05, 0.1) is 5.69 Å². The van der Waals surface area contributed by atoms with Gasteiger partial charge >= 0.3 is 0 Å². The Labute approximate surface area is 114 Å². The fourth-order valence-electron chi connectivity index (χ4n) is 2.94. The summed E-state index contributed by atoms with van der Waals surface area (Å²) in [4.78, 5) is 0. The largest absolute Gasteiger partial charge is 0.380 e. The van der Waals surface area contributed by atoms with Gasteiger partial charge in [-0.15, -0.1) is 0 Å². The van der Waals surface area contributed by atoms with Crippen LogP contribution in [0.2, 0.25) is 0 Å². The highest BCUT2D eigenvalue weighted by molar-refractivity contribution is 5.45. The van der Waals surface area contributed by atoms with Crippen LogP contribution < -0.4 is 5.32 Å². The molecule has 1 fully saturated rings. The second-order valence-corrected chi connectivity index (χ2v) is 6.66. The summed E-state index contributed by atoms with van der Waals surface area (Å²) in [5.41, 5.74) is 0.633. The van der Waals surface area contributed by atoms with Crippen molar-refractivity contribution in [2.45, 2.75) is 52.5 Å². The lowest BCUT2D eigenvalue weighted by Crippen LogP contribution is -2.31. The van der Waals surface area contributed by atoms with E-state index >= 15 is 0 Å². The van der Waals surface area contributed by atoms with Crippen LogP contribution in [0.15, 0.2) is 18.2 Å². The van der Waals surface area contributed by atoms with Crippen molar-refractivity contribution >= 4 is 5.69 Å². The number of benzene rings is 1. The van der Waals surface area contributed by atoms with Gasteiger partial charge < -0.3 is 5.32 Å². The highest BCUT2D eigenvalue weighted by Gasteiger charge is 2.29. The number of halogens is 2. The van der Waals surface area contributed by atoms with Crippen molar-refractivity contribution in [3.05, 3.63) is 29.8 Å². The van der Waals surface area contributed by atoms with E-state index in [1.165, 1.54) is 0 Å². The minimum Gasteiger partial charge on any atom is -0.380 e. The first-order valence-electron chi connectivity index (χ1n) is 7.08. The van der Waals surface area contributed by atoms with E-state index in [0.29, 0.717) is 11.1 Å². The third-order valence-electron chi connectivity index (χ3n) is 4.26. The first-order chi connectivity index (χ1) is 8.88. The molecule has 3 heteroatoms. The first-order valence-corrected chi connectivity index (χ1v) is 7.08. The van der Waals surface area contributed by atoms with Crippen molar-refractivity contribution in [1.82, 2.24) is 0 Å². The first kappa shape index (κ1) is 14.3. The Morgan fingerprint density at radius 3 is 2.26 bits per heavy atom. The molecule has 1 aromatic carbocycles. The summed E-state index contributed by atoms with van der Waals surface area (Å²) < 4.78 is 26.7. The smallest absolute Gasteiger partial charge is 0.181 e. The van der Waals surface area contributed by atoms with Crippen molar-refractivity contribution in [3.8, 4) is 0 Å². The SMILES string of the molecule is CC(C)(C)C1CCC(Nc2cccc(F)c2F)CC1. The summed E-state index contributed by atoms with van der Waals surface area (Å²) >= 11 is 0. The molecule has 0 radical (unpaired) electrons. The van der Waals surface area contributed by atoms with Crippen molar-refractivity contribution < 1.29 is 8.78 Å². The van der Waals surface area contributed by atoms with Gasteiger partial charge in [-0.05, 0) is 49.1 Å². The van der Waals surface area contributed by atoms with Crippen molar-refractivity contribution in [2.24, 2.45) is 11.3 Å². The molecular weight excluding hydrogens is 244 g/mol. The standard InChI is InChI=1S/C16H23F2N/c1-16(2,3)11-7-9-12(10-8-11)19-14-6-4-5-13(17)15(14)18/h4-6,11-12,19H,7-10H2,1-3H3. The molecule has 1 nitrogen and oxygen atoms in total. The molecule has 0 spiro atoms. The van der Waals surface area contributed by atoms with Crippen LogP contribution in [0.25, 0.3) is 0 Å². The normalized spacial score (nSPS) is 24.3. The molecule has 0 unspecified atom stereocenters. The second kappa shape index (κ2) is 5.48. The molecule has 106 valence electrons. The lowest BCUT2D eigenvalue weighted by Gasteiger charge is -2.37. The molecule has 0 atom stereocenters. The van der Waals surface area contributed by atoms with Crippen LogP contribution in [0.4, 0.5) is 14.5 Å². The van der Waals surface area contributed by atoms with Gasteiger partial charge in [0, 0.05) is 6.04 Å². The molecule has 0 aliphatic heterocycles. The zero-order valence-electron chi connectivity index (χ0n) is 12.0. The maximum absolute atomic E-state index is 13.6. The van der Waals surface area contributed by atoms with Gasteiger partial charge in [-0.25, -0.2) is 8.78 Å². The fourth-order valence-corrected chi connectivity index (χ4v) is 2.94. The molecule has 0 bridgehead atoms. The maximum Gasteiger partial charge on any atom is 0.181 e. The highest BCUT2D eigenvalue weighted by atomic mass is 19.2. The topological polar surface area (TPSA) is 12.0 Å². The fraction of sp³-hybridized carbons (Fsp3) is 0.625. The molecule has 1 N–H and O–H groups in total. The molecule has 1 aliphatic carbocycles. The van der Waals surface area contributed by atoms with Gasteiger partial charge in [0.1, 0.15) is 0 Å². The predicted molar refractivity (Wildman–Crippen MR) is 75.2 cm³/mol. The van der Waals surface area contributed by atoms with E-state index in [1.807, 2.05) is 0 Å². The van der Waals surface area contributed by atoms with Gasteiger partial charge in [0.15, 0.2) is 11.6 Å². The lowest BCUT2D eigenvalue weighted by molar-refractivity contribution is 0.173. The van der Waals surface area contributed by atoms with Crippen molar-refractivity contribution in [2.75, 3.05) is 5.32 Å². The molecule has 1 saturated carbocycles. The summed E-state index contributed by atoms with van der Waals surface area (Å²) in [5, 5.41) is 3.15. The minimum absolute atomic E-state index is 0.259. The average Bonchev–Trinajstić information content (AvgIpc) is 2.35. The highest BCUT2D eigenvalue weighted by Crippen LogP contribution is 2.38. The van der Waals surface area contributed by atoms with Gasteiger partial charge in [-0.2, -0.15) is 0 Å². The molecule has 19 heavy (non-hydrogen) atoms. The van der Waals surface area contributed by atoms with Crippen LogP contribution >= 0.6 is 0 Å². The molecule has 1 aromatic rings. The number of hydrogen-bond acceptors (Lipinski definition) is 1. The van der Waals surface area contributed by atoms with Gasteiger partial charge in [0.25, 0.3) is 0 Å². The molecule has 2 rings (SSSR count). The van der Waals surface area contributed by atoms with E-state index in [4.69, 9.17) is 0 Å². The minimum atomic E-state index is -0.784. The Morgan fingerprint density at radius 2 is 1.68 bits per heavy atom. The zero-order valence-corrected chi connectivity index (χ0v) is 12.0. The predicted octanol–water partition coefficient (Wildman–Crippen LogP) is 4.98. The summed E-state index contributed by atoms with van der Waals surface area (Å²) in [6.45, 7) is 6.83. The zero-order chi connectivity index (χ0) is 14.0. The average molecular weight is 267 g/mol. The van der Waals surface area contributed by atoms with E-state index in [2.05, 4.69) is 26.1 Å². The van der Waals surface area contributed by atoms with Crippen LogP contribution in [0.5, 0.6) is 0 Å². The Kier molecular flexibility index (Phi) is 4.12. The summed E-state index contributed by atoms with van der Waals surface area (Å²) in [7, 11) is 0. The van der Waals surface area contributed by atoms with Crippen molar-refractivity contribution in [3.63, 3.8) is 0 Å². The number of rotatable bonds is 2. The molecule has 0 aromatic heterocycles. The number of nitrogens with one attached hydrogen (secondary N) is 1. The quantitative estimate of drug-likeness (QED) is 0.796. The number of hydrogen-bond donors (Lipinski definition) is 1. The Morgan fingerprint density at radius 1 is 1.05 bits per heavy atom. The van der Waals surface area contributed by atoms with E-state index in [9.17, 15) is 8.78 Å². The maximum atomic E-state index is 13.6. The third kappa shape index (κ3) is 3.46. The summed E-state index contributed by atoms with van der Waals surface area (Å²) in [5.74, 6) is -0.822. The summed E-state index contributed by atoms with van der Waals surface area (Å²) in [6.07, 6.45) is 4.35. The molecule has 0 amide bonds. The van der Waals surface area contributed by atoms with Crippen LogP contribution in [-0.4, -0.2) is 6.04 Å². The van der Waals surface area contributed by atoms with Gasteiger partial charge in [-0.3, -0.25) is 0 Å². The third-order valence-corrected chi connectivity index (χ3v) is 4.26. The monoisotopic (exact) mass is 267 g/mol.